The number of piperidine rings is 3. The van der Waals surface area contributed by atoms with Crippen molar-refractivity contribution in [2.45, 2.75) is 32.4 Å². The molecule has 3 aliphatic heterocycles. The quantitative estimate of drug-likeness (QED) is 0.559. The maximum atomic E-state index is 12.6. The zero-order valence-corrected chi connectivity index (χ0v) is 14.4. The van der Waals surface area contributed by atoms with Crippen molar-refractivity contribution in [2.75, 3.05) is 26.7 Å². The highest BCUT2D eigenvalue weighted by atomic mass is 16.2. The average Bonchev–Trinajstić information content (AvgIpc) is 3.04. The third kappa shape index (κ3) is 3.26. The van der Waals surface area contributed by atoms with Gasteiger partial charge in [0.2, 0.25) is 5.91 Å². The van der Waals surface area contributed by atoms with Gasteiger partial charge in [-0.3, -0.25) is 9.59 Å². The fourth-order valence-electron chi connectivity index (χ4n) is 4.14. The van der Waals surface area contributed by atoms with E-state index < -0.39 is 0 Å². The van der Waals surface area contributed by atoms with Crippen LogP contribution in [-0.2, 0) is 11.3 Å². The third-order valence-corrected chi connectivity index (χ3v) is 5.46. The van der Waals surface area contributed by atoms with E-state index in [4.69, 9.17) is 0 Å². The Hall–Kier alpha value is -2.02. The second kappa shape index (κ2) is 6.84. The zero-order chi connectivity index (χ0) is 17.3. The number of hydrogen-bond acceptors (Lipinski definition) is 4. The van der Waals surface area contributed by atoms with E-state index >= 15 is 0 Å². The predicted molar refractivity (Wildman–Crippen MR) is 88.6 cm³/mol. The number of aromatic nitrogens is 3. The Labute approximate surface area is 142 Å². The standard InChI is InChI=1S/C17H25N5O2/c1-4-6-20(3)17(24)15-10-21-7-5-13(15)8-14(21)9-22-11-16(12(2)23)18-19-22/h4,11,13-15H,1,5-10H2,2-3H3/p+1/t13-,14-,15+/m1/s1. The molecule has 3 saturated heterocycles. The SMILES string of the molecule is C=CCN(C)C(=O)[C@H]1C[NH+]2CC[C@@H]1C[C@@H]2Cn1cc(C(C)=O)nn1. The first-order valence-electron chi connectivity index (χ1n) is 8.61. The molecule has 4 rings (SSSR count). The fourth-order valence-corrected chi connectivity index (χ4v) is 4.14. The lowest BCUT2D eigenvalue weighted by molar-refractivity contribution is -0.945. The molecule has 1 aromatic heterocycles. The summed E-state index contributed by atoms with van der Waals surface area (Å²) >= 11 is 0. The zero-order valence-electron chi connectivity index (χ0n) is 14.4. The van der Waals surface area contributed by atoms with Gasteiger partial charge < -0.3 is 9.80 Å². The van der Waals surface area contributed by atoms with E-state index in [0.29, 0.717) is 24.2 Å². The largest absolute Gasteiger partial charge is 0.342 e. The van der Waals surface area contributed by atoms with Crippen LogP contribution in [0.1, 0.15) is 30.3 Å². The highest BCUT2D eigenvalue weighted by Gasteiger charge is 2.47. The summed E-state index contributed by atoms with van der Waals surface area (Å²) in [5, 5.41) is 7.98. The van der Waals surface area contributed by atoms with Crippen LogP contribution in [0.5, 0.6) is 0 Å². The van der Waals surface area contributed by atoms with Crippen molar-refractivity contribution >= 4 is 11.7 Å². The van der Waals surface area contributed by atoms with Crippen molar-refractivity contribution in [3.05, 3.63) is 24.5 Å². The molecule has 0 radical (unpaired) electrons. The molecule has 1 aromatic rings. The normalized spacial score (nSPS) is 28.6. The van der Waals surface area contributed by atoms with E-state index in [1.807, 2.05) is 7.05 Å². The van der Waals surface area contributed by atoms with Crippen LogP contribution in [0.25, 0.3) is 0 Å². The molecule has 1 amide bonds. The first-order valence-corrected chi connectivity index (χ1v) is 8.61. The number of Topliss-reactive ketones (excluding diaryl/α,β-unsaturated/α-hetero) is 1. The molecule has 4 atom stereocenters. The Bertz CT molecular complexity index is 641. The number of rotatable bonds is 6. The Morgan fingerprint density at radius 3 is 2.92 bits per heavy atom. The number of carbonyl (C=O) groups is 2. The molecule has 3 aliphatic rings. The van der Waals surface area contributed by atoms with Crippen LogP contribution in [0.15, 0.2) is 18.9 Å². The minimum atomic E-state index is -0.0602. The number of carbonyl (C=O) groups excluding carboxylic acids is 2. The molecule has 24 heavy (non-hydrogen) atoms. The molecule has 0 aliphatic carbocycles. The molecule has 1 unspecified atom stereocenters. The van der Waals surface area contributed by atoms with E-state index in [1.165, 1.54) is 11.8 Å². The molecule has 7 nitrogen and oxygen atoms in total. The fraction of sp³-hybridized carbons (Fsp3) is 0.647. The van der Waals surface area contributed by atoms with Crippen molar-refractivity contribution in [3.63, 3.8) is 0 Å². The smallest absolute Gasteiger partial charge is 0.231 e. The highest BCUT2D eigenvalue weighted by Crippen LogP contribution is 2.28. The van der Waals surface area contributed by atoms with Crippen LogP contribution in [0.4, 0.5) is 0 Å². The summed E-state index contributed by atoms with van der Waals surface area (Å²) in [6.07, 6.45) is 5.64. The Morgan fingerprint density at radius 2 is 2.33 bits per heavy atom. The average molecular weight is 332 g/mol. The van der Waals surface area contributed by atoms with Gasteiger partial charge in [0.1, 0.15) is 11.7 Å². The number of nitrogens with one attached hydrogen (secondary N) is 1. The van der Waals surface area contributed by atoms with E-state index in [0.717, 1.165) is 32.5 Å². The number of likely N-dealkylation sites (N-methyl/N-ethyl adjacent to an activating group) is 1. The van der Waals surface area contributed by atoms with Gasteiger partial charge in [0, 0.05) is 33.4 Å². The topological polar surface area (TPSA) is 72.5 Å². The van der Waals surface area contributed by atoms with Crippen LogP contribution in [-0.4, -0.2) is 64.3 Å². The van der Waals surface area contributed by atoms with Gasteiger partial charge in [0.25, 0.3) is 0 Å². The summed E-state index contributed by atoms with van der Waals surface area (Å²) < 4.78 is 1.77. The molecule has 4 heterocycles. The number of nitrogens with zero attached hydrogens (tertiary/aromatic N) is 4. The predicted octanol–water partition coefficient (Wildman–Crippen LogP) is -0.582. The molecule has 0 spiro atoms. The number of amides is 1. The number of hydrogen-bond donors (Lipinski definition) is 1. The van der Waals surface area contributed by atoms with Crippen molar-refractivity contribution < 1.29 is 14.5 Å². The lowest BCUT2D eigenvalue weighted by Gasteiger charge is -2.46. The molecule has 0 saturated carbocycles. The minimum absolute atomic E-state index is 0.0602. The van der Waals surface area contributed by atoms with Gasteiger partial charge >= 0.3 is 0 Å². The molecular formula is C17H26N5O2+. The van der Waals surface area contributed by atoms with E-state index in [9.17, 15) is 9.59 Å². The van der Waals surface area contributed by atoms with Crippen molar-refractivity contribution in [2.24, 2.45) is 11.8 Å². The van der Waals surface area contributed by atoms with Gasteiger partial charge in [-0.2, -0.15) is 0 Å². The summed E-state index contributed by atoms with van der Waals surface area (Å²) in [5.74, 6) is 0.756. The van der Waals surface area contributed by atoms with Crippen LogP contribution in [0.2, 0.25) is 0 Å². The maximum Gasteiger partial charge on any atom is 0.231 e. The minimum Gasteiger partial charge on any atom is -0.342 e. The van der Waals surface area contributed by atoms with E-state index in [-0.39, 0.29) is 17.6 Å². The second-order valence-corrected chi connectivity index (χ2v) is 7.09. The number of ketones is 1. The van der Waals surface area contributed by atoms with E-state index in [2.05, 4.69) is 16.9 Å². The maximum absolute atomic E-state index is 12.6. The van der Waals surface area contributed by atoms with Gasteiger partial charge in [-0.1, -0.05) is 11.3 Å². The highest BCUT2D eigenvalue weighted by molar-refractivity contribution is 5.91. The lowest BCUT2D eigenvalue weighted by Crippen LogP contribution is -3.20. The summed E-state index contributed by atoms with van der Waals surface area (Å²) in [5.41, 5.74) is 0.417. The molecule has 2 bridgehead atoms. The van der Waals surface area contributed by atoms with Crippen LogP contribution in [0.3, 0.4) is 0 Å². The molecule has 1 N–H and O–H groups in total. The monoisotopic (exact) mass is 332 g/mol. The van der Waals surface area contributed by atoms with Gasteiger partial charge in [0.05, 0.1) is 31.7 Å². The van der Waals surface area contributed by atoms with Crippen LogP contribution < -0.4 is 4.90 Å². The lowest BCUT2D eigenvalue weighted by atomic mass is 9.75. The summed E-state index contributed by atoms with van der Waals surface area (Å²) in [4.78, 5) is 27.2. The van der Waals surface area contributed by atoms with Gasteiger partial charge in [-0.05, 0) is 5.92 Å². The Kier molecular flexibility index (Phi) is 4.80. The first-order chi connectivity index (χ1) is 11.5. The van der Waals surface area contributed by atoms with Gasteiger partial charge in [0.15, 0.2) is 5.78 Å². The third-order valence-electron chi connectivity index (χ3n) is 5.46. The van der Waals surface area contributed by atoms with Crippen LogP contribution >= 0.6 is 0 Å². The van der Waals surface area contributed by atoms with Crippen LogP contribution in [0, 0.1) is 11.8 Å². The first kappa shape index (κ1) is 16.8. The molecule has 3 fully saturated rings. The van der Waals surface area contributed by atoms with Crippen molar-refractivity contribution in [1.29, 1.82) is 0 Å². The molecule has 0 aromatic carbocycles. The number of fused-ring (bicyclic) bond motifs is 3. The Morgan fingerprint density at radius 1 is 1.54 bits per heavy atom. The summed E-state index contributed by atoms with van der Waals surface area (Å²) in [7, 11) is 1.85. The summed E-state index contributed by atoms with van der Waals surface area (Å²) in [6, 6.07) is 0.444. The molecular weight excluding hydrogens is 306 g/mol. The molecule has 7 heteroatoms. The Balaban J connectivity index is 1.63. The van der Waals surface area contributed by atoms with Crippen molar-refractivity contribution in [1.82, 2.24) is 19.9 Å². The van der Waals surface area contributed by atoms with E-state index in [1.54, 1.807) is 21.9 Å². The van der Waals surface area contributed by atoms with Gasteiger partial charge in [-0.25, -0.2) is 4.68 Å². The number of quaternary nitrogens is 1. The second-order valence-electron chi connectivity index (χ2n) is 7.09. The van der Waals surface area contributed by atoms with Crippen molar-refractivity contribution in [3.8, 4) is 0 Å². The summed E-state index contributed by atoms with van der Waals surface area (Å²) in [6.45, 7) is 8.58. The van der Waals surface area contributed by atoms with Gasteiger partial charge in [-0.15, -0.1) is 11.7 Å². The molecule has 130 valence electrons.